The molecule has 5 heteroatoms. The van der Waals surface area contributed by atoms with Crippen molar-refractivity contribution in [3.63, 3.8) is 0 Å². The maximum Gasteiger partial charge on any atom is 0.309 e. The summed E-state index contributed by atoms with van der Waals surface area (Å²) in [6.07, 6.45) is 0.0619. The summed E-state index contributed by atoms with van der Waals surface area (Å²) in [6.45, 7) is 7.77. The highest BCUT2D eigenvalue weighted by Gasteiger charge is 2.48. The van der Waals surface area contributed by atoms with Crippen molar-refractivity contribution < 1.29 is 14.7 Å². The van der Waals surface area contributed by atoms with Crippen molar-refractivity contribution in [2.24, 2.45) is 5.92 Å². The Bertz CT molecular complexity index is 592. The van der Waals surface area contributed by atoms with E-state index in [4.69, 9.17) is 0 Å². The molecule has 1 aliphatic heterocycles. The molecule has 1 aromatic rings. The van der Waals surface area contributed by atoms with Gasteiger partial charge in [-0.1, -0.05) is 28.1 Å². The molecule has 1 amide bonds. The second-order valence-corrected chi connectivity index (χ2v) is 7.39. The molecule has 114 valence electrons. The Morgan fingerprint density at radius 3 is 2.48 bits per heavy atom. The Labute approximate surface area is 133 Å². The SMILES string of the molecule is Cc1cc(C2C(C(=O)O)CC(=O)N2C(C)(C)C)ccc1Br. The smallest absolute Gasteiger partial charge is 0.309 e. The van der Waals surface area contributed by atoms with Gasteiger partial charge in [0, 0.05) is 16.4 Å². The summed E-state index contributed by atoms with van der Waals surface area (Å²) in [6, 6.07) is 5.35. The van der Waals surface area contributed by atoms with E-state index in [1.54, 1.807) is 4.90 Å². The van der Waals surface area contributed by atoms with Crippen LogP contribution in [0.15, 0.2) is 22.7 Å². The predicted octanol–water partition coefficient (Wildman–Crippen LogP) is 3.53. The minimum absolute atomic E-state index is 0.0619. The third-order valence-corrected chi connectivity index (χ3v) is 4.78. The Hall–Kier alpha value is -1.36. The molecule has 0 spiro atoms. The molecule has 2 rings (SSSR count). The number of halogens is 1. The van der Waals surface area contributed by atoms with Crippen molar-refractivity contribution in [2.75, 3.05) is 0 Å². The van der Waals surface area contributed by atoms with Gasteiger partial charge in [0.05, 0.1) is 12.0 Å². The summed E-state index contributed by atoms with van der Waals surface area (Å²) < 4.78 is 0.977. The van der Waals surface area contributed by atoms with Crippen molar-refractivity contribution in [3.05, 3.63) is 33.8 Å². The zero-order valence-corrected chi connectivity index (χ0v) is 14.3. The fraction of sp³-hybridized carbons (Fsp3) is 0.500. The van der Waals surface area contributed by atoms with Gasteiger partial charge in [-0.15, -0.1) is 0 Å². The van der Waals surface area contributed by atoms with Gasteiger partial charge in [-0.05, 0) is 44.9 Å². The summed E-state index contributed by atoms with van der Waals surface area (Å²) in [5, 5.41) is 9.48. The number of rotatable bonds is 2. The van der Waals surface area contributed by atoms with Crippen LogP contribution in [0.4, 0.5) is 0 Å². The van der Waals surface area contributed by atoms with Crippen LogP contribution in [0.3, 0.4) is 0 Å². The van der Waals surface area contributed by atoms with Crippen LogP contribution in [-0.4, -0.2) is 27.4 Å². The fourth-order valence-corrected chi connectivity index (χ4v) is 3.23. The van der Waals surface area contributed by atoms with Gasteiger partial charge < -0.3 is 10.0 Å². The van der Waals surface area contributed by atoms with Crippen molar-refractivity contribution in [2.45, 2.75) is 45.7 Å². The number of hydrogen-bond acceptors (Lipinski definition) is 2. The average molecular weight is 354 g/mol. The summed E-state index contributed by atoms with van der Waals surface area (Å²) in [7, 11) is 0. The van der Waals surface area contributed by atoms with Crippen LogP contribution in [-0.2, 0) is 9.59 Å². The van der Waals surface area contributed by atoms with E-state index in [-0.39, 0.29) is 12.3 Å². The lowest BCUT2D eigenvalue weighted by Crippen LogP contribution is -2.44. The number of hydrogen-bond donors (Lipinski definition) is 1. The van der Waals surface area contributed by atoms with Gasteiger partial charge in [-0.3, -0.25) is 9.59 Å². The molecule has 1 fully saturated rings. The summed E-state index contributed by atoms with van der Waals surface area (Å²) >= 11 is 3.45. The Kier molecular flexibility index (Phi) is 4.15. The molecule has 1 aromatic carbocycles. The summed E-state index contributed by atoms with van der Waals surface area (Å²) in [5.74, 6) is -1.71. The molecule has 1 N–H and O–H groups in total. The van der Waals surface area contributed by atoms with E-state index in [9.17, 15) is 14.7 Å². The number of carboxylic acids is 1. The van der Waals surface area contributed by atoms with E-state index in [1.165, 1.54) is 0 Å². The molecule has 1 aliphatic rings. The molecule has 21 heavy (non-hydrogen) atoms. The van der Waals surface area contributed by atoms with Crippen molar-refractivity contribution >= 4 is 27.8 Å². The molecule has 0 aromatic heterocycles. The minimum atomic E-state index is -0.916. The standard InChI is InChI=1S/C16H20BrNO3/c1-9-7-10(5-6-12(9)17)14-11(15(20)21)8-13(19)18(14)16(2,3)4/h5-7,11,14H,8H2,1-4H3,(H,20,21). The summed E-state index contributed by atoms with van der Waals surface area (Å²) in [5.41, 5.74) is 1.50. The normalized spacial score (nSPS) is 22.7. The van der Waals surface area contributed by atoms with Crippen LogP contribution in [0, 0.1) is 12.8 Å². The first-order valence-electron chi connectivity index (χ1n) is 6.94. The first kappa shape index (κ1) is 16.0. The highest BCUT2D eigenvalue weighted by molar-refractivity contribution is 9.10. The van der Waals surface area contributed by atoms with Crippen molar-refractivity contribution in [1.29, 1.82) is 0 Å². The quantitative estimate of drug-likeness (QED) is 0.884. The van der Waals surface area contributed by atoms with E-state index in [1.807, 2.05) is 45.9 Å². The van der Waals surface area contributed by atoms with E-state index in [0.29, 0.717) is 0 Å². The molecular formula is C16H20BrNO3. The number of benzene rings is 1. The zero-order chi connectivity index (χ0) is 15.9. The minimum Gasteiger partial charge on any atom is -0.481 e. The highest BCUT2D eigenvalue weighted by atomic mass is 79.9. The summed E-state index contributed by atoms with van der Waals surface area (Å²) in [4.78, 5) is 25.6. The second kappa shape index (κ2) is 5.44. The molecule has 2 atom stereocenters. The molecule has 0 aliphatic carbocycles. The molecule has 2 unspecified atom stereocenters. The zero-order valence-electron chi connectivity index (χ0n) is 12.7. The lowest BCUT2D eigenvalue weighted by molar-refractivity contribution is -0.142. The number of carboxylic acid groups (broad SMARTS) is 1. The molecule has 0 bridgehead atoms. The van der Waals surface area contributed by atoms with Gasteiger partial charge in [0.25, 0.3) is 0 Å². The lowest BCUT2D eigenvalue weighted by atomic mass is 9.91. The van der Waals surface area contributed by atoms with Crippen LogP contribution in [0.25, 0.3) is 0 Å². The molecule has 0 radical (unpaired) electrons. The van der Waals surface area contributed by atoms with Crippen LogP contribution >= 0.6 is 15.9 Å². The van der Waals surface area contributed by atoms with E-state index < -0.39 is 23.5 Å². The number of nitrogens with zero attached hydrogens (tertiary/aromatic N) is 1. The van der Waals surface area contributed by atoms with Crippen molar-refractivity contribution in [3.8, 4) is 0 Å². The van der Waals surface area contributed by atoms with Gasteiger partial charge in [0.15, 0.2) is 0 Å². The van der Waals surface area contributed by atoms with Gasteiger partial charge in [0.1, 0.15) is 0 Å². The topological polar surface area (TPSA) is 57.6 Å². The van der Waals surface area contributed by atoms with E-state index >= 15 is 0 Å². The maximum absolute atomic E-state index is 12.3. The highest BCUT2D eigenvalue weighted by Crippen LogP contribution is 2.43. The van der Waals surface area contributed by atoms with Crippen molar-refractivity contribution in [1.82, 2.24) is 4.90 Å². The van der Waals surface area contributed by atoms with Gasteiger partial charge in [0.2, 0.25) is 5.91 Å². The van der Waals surface area contributed by atoms with Crippen LogP contribution in [0.5, 0.6) is 0 Å². The fourth-order valence-electron chi connectivity index (χ4n) is 2.98. The first-order valence-corrected chi connectivity index (χ1v) is 7.73. The molecule has 0 saturated carbocycles. The number of carbonyl (C=O) groups is 2. The van der Waals surface area contributed by atoms with Crippen LogP contribution < -0.4 is 0 Å². The Morgan fingerprint density at radius 1 is 1.38 bits per heavy atom. The van der Waals surface area contributed by atoms with Gasteiger partial charge >= 0.3 is 5.97 Å². The third-order valence-electron chi connectivity index (χ3n) is 3.89. The van der Waals surface area contributed by atoms with Crippen LogP contribution in [0.2, 0.25) is 0 Å². The first-order chi connectivity index (χ1) is 9.62. The van der Waals surface area contributed by atoms with Gasteiger partial charge in [-0.2, -0.15) is 0 Å². The largest absolute Gasteiger partial charge is 0.481 e. The van der Waals surface area contributed by atoms with E-state index in [2.05, 4.69) is 15.9 Å². The predicted molar refractivity (Wildman–Crippen MR) is 84.0 cm³/mol. The molecule has 1 saturated heterocycles. The Morgan fingerprint density at radius 2 is 2.00 bits per heavy atom. The average Bonchev–Trinajstić information content (AvgIpc) is 2.70. The monoisotopic (exact) mass is 353 g/mol. The molecule has 4 nitrogen and oxygen atoms in total. The van der Waals surface area contributed by atoms with Gasteiger partial charge in [-0.25, -0.2) is 0 Å². The number of amides is 1. The number of aliphatic carboxylic acids is 1. The van der Waals surface area contributed by atoms with E-state index in [0.717, 1.165) is 15.6 Å². The maximum atomic E-state index is 12.3. The molecule has 1 heterocycles. The molecular weight excluding hydrogens is 334 g/mol. The van der Waals surface area contributed by atoms with Crippen LogP contribution in [0.1, 0.15) is 44.4 Å². The number of carbonyl (C=O) groups excluding carboxylic acids is 1. The third kappa shape index (κ3) is 2.98. The lowest BCUT2D eigenvalue weighted by Gasteiger charge is -2.38. The number of aryl methyl sites for hydroxylation is 1. The Balaban J connectivity index is 2.54. The second-order valence-electron chi connectivity index (χ2n) is 6.54. The number of likely N-dealkylation sites (tertiary alicyclic amines) is 1.